The van der Waals surface area contributed by atoms with E-state index in [0.29, 0.717) is 29.5 Å². The number of ether oxygens (including phenoxy) is 3. The lowest BCUT2D eigenvalue weighted by atomic mass is 10.2. The van der Waals surface area contributed by atoms with Gasteiger partial charge in [-0.05, 0) is 36.2 Å². The summed E-state index contributed by atoms with van der Waals surface area (Å²) in [4.78, 5) is 16.4. The van der Waals surface area contributed by atoms with Crippen molar-refractivity contribution >= 4 is 5.78 Å². The predicted molar refractivity (Wildman–Crippen MR) is 103 cm³/mol. The highest BCUT2D eigenvalue weighted by Crippen LogP contribution is 2.29. The van der Waals surface area contributed by atoms with E-state index in [9.17, 15) is 4.79 Å². The minimum atomic E-state index is -0.167. The number of nitrogens with zero attached hydrogens (tertiary/aromatic N) is 1. The molecule has 27 heavy (non-hydrogen) atoms. The van der Waals surface area contributed by atoms with Gasteiger partial charge in [-0.1, -0.05) is 36.4 Å². The van der Waals surface area contributed by atoms with Crippen LogP contribution < -0.4 is 14.2 Å². The molecule has 5 nitrogen and oxygen atoms in total. The first-order valence-corrected chi connectivity index (χ1v) is 8.59. The van der Waals surface area contributed by atoms with Crippen LogP contribution in [0.25, 0.3) is 0 Å². The summed E-state index contributed by atoms with van der Waals surface area (Å²) in [5, 5.41) is 0. The summed E-state index contributed by atoms with van der Waals surface area (Å²) >= 11 is 0. The molecule has 1 aromatic heterocycles. The number of Topliss-reactive ketones (excluding diaryl/α,β-unsaturated/α-hetero) is 1. The monoisotopic (exact) mass is 363 g/mol. The minimum absolute atomic E-state index is 0.0984. The third kappa shape index (κ3) is 5.07. The second-order valence-corrected chi connectivity index (χ2v) is 6.03. The van der Waals surface area contributed by atoms with E-state index in [-0.39, 0.29) is 12.4 Å². The van der Waals surface area contributed by atoms with Crippen LogP contribution in [-0.4, -0.2) is 24.5 Å². The Morgan fingerprint density at radius 1 is 0.963 bits per heavy atom. The van der Waals surface area contributed by atoms with E-state index in [2.05, 4.69) is 4.98 Å². The van der Waals surface area contributed by atoms with Crippen molar-refractivity contribution in [1.29, 1.82) is 0 Å². The molecule has 0 aliphatic rings. The molecule has 138 valence electrons. The Hall–Kier alpha value is -3.34. The Morgan fingerprint density at radius 2 is 1.78 bits per heavy atom. The normalized spacial score (nSPS) is 10.3. The highest BCUT2D eigenvalue weighted by molar-refractivity contribution is 5.97. The van der Waals surface area contributed by atoms with Gasteiger partial charge in [0.15, 0.2) is 18.1 Å². The SMILES string of the molecule is COc1ccc(C(=O)COc2ccc(C)cc2OCc2ccccc2)cn1. The van der Waals surface area contributed by atoms with E-state index in [1.54, 1.807) is 12.1 Å². The molecule has 0 saturated carbocycles. The largest absolute Gasteiger partial charge is 0.485 e. The number of carbonyl (C=O) groups excluding carboxylic acids is 1. The van der Waals surface area contributed by atoms with Crippen molar-refractivity contribution in [3.05, 3.63) is 83.6 Å². The van der Waals surface area contributed by atoms with E-state index in [0.717, 1.165) is 11.1 Å². The molecule has 0 fully saturated rings. The summed E-state index contributed by atoms with van der Waals surface area (Å²) in [7, 11) is 1.53. The maximum absolute atomic E-state index is 12.3. The van der Waals surface area contributed by atoms with Crippen LogP contribution in [0.1, 0.15) is 21.5 Å². The van der Waals surface area contributed by atoms with Gasteiger partial charge in [-0.25, -0.2) is 4.98 Å². The summed E-state index contributed by atoms with van der Waals surface area (Å²) in [6, 6.07) is 18.8. The summed E-state index contributed by atoms with van der Waals surface area (Å²) in [6.07, 6.45) is 1.48. The summed E-state index contributed by atoms with van der Waals surface area (Å²) in [5.74, 6) is 1.44. The van der Waals surface area contributed by atoms with Crippen LogP contribution in [0.2, 0.25) is 0 Å². The van der Waals surface area contributed by atoms with Gasteiger partial charge in [0, 0.05) is 17.8 Å². The topological polar surface area (TPSA) is 57.7 Å². The van der Waals surface area contributed by atoms with E-state index in [1.807, 2.05) is 55.5 Å². The van der Waals surface area contributed by atoms with E-state index in [4.69, 9.17) is 14.2 Å². The molecule has 0 bridgehead atoms. The van der Waals surface area contributed by atoms with Gasteiger partial charge in [-0.2, -0.15) is 0 Å². The van der Waals surface area contributed by atoms with Crippen LogP contribution >= 0.6 is 0 Å². The number of rotatable bonds is 8. The molecule has 0 amide bonds. The van der Waals surface area contributed by atoms with E-state index in [1.165, 1.54) is 13.3 Å². The zero-order valence-electron chi connectivity index (χ0n) is 15.3. The summed E-state index contributed by atoms with van der Waals surface area (Å²) in [6.45, 7) is 2.31. The van der Waals surface area contributed by atoms with Gasteiger partial charge in [0.2, 0.25) is 11.7 Å². The third-order valence-corrected chi connectivity index (χ3v) is 3.96. The zero-order chi connectivity index (χ0) is 19.1. The Bertz CT molecular complexity index is 892. The van der Waals surface area contributed by atoms with Crippen LogP contribution in [0.4, 0.5) is 0 Å². The number of carbonyl (C=O) groups is 1. The van der Waals surface area contributed by atoms with Crippen molar-refractivity contribution in [3.63, 3.8) is 0 Å². The van der Waals surface area contributed by atoms with Gasteiger partial charge in [0.1, 0.15) is 6.61 Å². The van der Waals surface area contributed by atoms with Gasteiger partial charge in [0.05, 0.1) is 7.11 Å². The molecule has 2 aromatic carbocycles. The first kappa shape index (κ1) is 18.5. The lowest BCUT2D eigenvalue weighted by Crippen LogP contribution is -2.12. The van der Waals surface area contributed by atoms with Crippen molar-refractivity contribution in [3.8, 4) is 17.4 Å². The maximum Gasteiger partial charge on any atom is 0.212 e. The molecule has 0 aliphatic heterocycles. The predicted octanol–water partition coefficient (Wildman–Crippen LogP) is 4.24. The summed E-state index contributed by atoms with van der Waals surface area (Å²) in [5.41, 5.74) is 2.58. The highest BCUT2D eigenvalue weighted by Gasteiger charge is 2.11. The molecule has 0 radical (unpaired) electrons. The lowest BCUT2D eigenvalue weighted by molar-refractivity contribution is 0.0918. The van der Waals surface area contributed by atoms with Crippen LogP contribution in [0.3, 0.4) is 0 Å². The zero-order valence-corrected chi connectivity index (χ0v) is 15.3. The van der Waals surface area contributed by atoms with Crippen LogP contribution in [0, 0.1) is 6.92 Å². The number of hydrogen-bond donors (Lipinski definition) is 0. The quantitative estimate of drug-likeness (QED) is 0.560. The van der Waals surface area contributed by atoms with Crippen LogP contribution in [-0.2, 0) is 6.61 Å². The summed E-state index contributed by atoms with van der Waals surface area (Å²) < 4.78 is 16.6. The molecule has 3 rings (SSSR count). The highest BCUT2D eigenvalue weighted by atomic mass is 16.5. The van der Waals surface area contributed by atoms with Gasteiger partial charge in [0.25, 0.3) is 0 Å². The average molecular weight is 363 g/mol. The molecule has 1 heterocycles. The Labute approximate surface area is 158 Å². The molecule has 5 heteroatoms. The molecular formula is C22H21NO4. The number of ketones is 1. The fourth-order valence-corrected chi connectivity index (χ4v) is 2.48. The lowest BCUT2D eigenvalue weighted by Gasteiger charge is -2.13. The molecule has 0 spiro atoms. The van der Waals surface area contributed by atoms with Gasteiger partial charge in [-0.15, -0.1) is 0 Å². The number of methoxy groups -OCH3 is 1. The first-order valence-electron chi connectivity index (χ1n) is 8.59. The minimum Gasteiger partial charge on any atom is -0.485 e. The van der Waals surface area contributed by atoms with E-state index < -0.39 is 0 Å². The molecule has 0 unspecified atom stereocenters. The fraction of sp³-hybridized carbons (Fsp3) is 0.182. The second-order valence-electron chi connectivity index (χ2n) is 6.03. The number of hydrogen-bond acceptors (Lipinski definition) is 5. The maximum atomic E-state index is 12.3. The number of aryl methyl sites for hydroxylation is 1. The van der Waals surface area contributed by atoms with Gasteiger partial charge in [-0.3, -0.25) is 4.79 Å². The van der Waals surface area contributed by atoms with Crippen molar-refractivity contribution in [1.82, 2.24) is 4.98 Å². The van der Waals surface area contributed by atoms with Crippen molar-refractivity contribution in [2.24, 2.45) is 0 Å². The van der Waals surface area contributed by atoms with Gasteiger partial charge < -0.3 is 14.2 Å². The smallest absolute Gasteiger partial charge is 0.212 e. The van der Waals surface area contributed by atoms with Gasteiger partial charge >= 0.3 is 0 Å². The molecule has 0 aliphatic carbocycles. The fourth-order valence-electron chi connectivity index (χ4n) is 2.48. The Morgan fingerprint density at radius 3 is 2.48 bits per heavy atom. The molecule has 0 atom stereocenters. The van der Waals surface area contributed by atoms with Crippen molar-refractivity contribution in [2.45, 2.75) is 13.5 Å². The number of aromatic nitrogens is 1. The molecule has 3 aromatic rings. The molecule has 0 N–H and O–H groups in total. The van der Waals surface area contributed by atoms with E-state index >= 15 is 0 Å². The first-order chi connectivity index (χ1) is 13.2. The van der Waals surface area contributed by atoms with Crippen LogP contribution in [0.5, 0.6) is 17.4 Å². The Balaban J connectivity index is 1.66. The molecular weight excluding hydrogens is 342 g/mol. The van der Waals surface area contributed by atoms with Crippen molar-refractivity contribution < 1.29 is 19.0 Å². The van der Waals surface area contributed by atoms with Crippen molar-refractivity contribution in [2.75, 3.05) is 13.7 Å². The third-order valence-electron chi connectivity index (χ3n) is 3.96. The van der Waals surface area contributed by atoms with Crippen LogP contribution in [0.15, 0.2) is 66.9 Å². The standard InChI is InChI=1S/C22H21NO4/c1-16-8-10-20(21(12-16)26-14-17-6-4-3-5-7-17)27-15-19(24)18-9-11-22(25-2)23-13-18/h3-13H,14-15H2,1-2H3. The number of benzene rings is 2. The Kier molecular flexibility index (Phi) is 6.05. The molecule has 0 saturated heterocycles. The second kappa shape index (κ2) is 8.85. The average Bonchev–Trinajstić information content (AvgIpc) is 2.72. The number of pyridine rings is 1.